The van der Waals surface area contributed by atoms with Crippen LogP contribution in [0.4, 0.5) is 10.1 Å². The summed E-state index contributed by atoms with van der Waals surface area (Å²) in [5.74, 6) is -0.159. The smallest absolute Gasteiger partial charge is 0.255 e. The Balaban J connectivity index is 2.07. The molecule has 0 aliphatic rings. The number of nitrogen functional groups attached to an aromatic ring is 1. The number of hydrogen-bond donors (Lipinski definition) is 2. The molecule has 0 saturated carbocycles. The van der Waals surface area contributed by atoms with Crippen molar-refractivity contribution in [1.29, 1.82) is 0 Å². The van der Waals surface area contributed by atoms with Crippen molar-refractivity contribution in [2.75, 3.05) is 12.8 Å². The van der Waals surface area contributed by atoms with Crippen LogP contribution in [0.15, 0.2) is 42.5 Å². The number of benzene rings is 2. The van der Waals surface area contributed by atoms with Crippen LogP contribution in [-0.2, 0) is 6.54 Å². The second-order valence-corrected chi connectivity index (χ2v) is 4.27. The van der Waals surface area contributed by atoms with Gasteiger partial charge in [-0.15, -0.1) is 0 Å². The summed E-state index contributed by atoms with van der Waals surface area (Å²) in [4.78, 5) is 12.1. The first-order valence-corrected chi connectivity index (χ1v) is 6.06. The molecular formula is C15H15FN2O2. The van der Waals surface area contributed by atoms with Crippen LogP contribution in [0.1, 0.15) is 15.9 Å². The van der Waals surface area contributed by atoms with E-state index in [1.54, 1.807) is 30.3 Å². The number of carbonyl (C=O) groups excluding carboxylic acids is 1. The highest BCUT2D eigenvalue weighted by atomic mass is 19.1. The number of amides is 1. The van der Waals surface area contributed by atoms with Gasteiger partial charge in [0.2, 0.25) is 0 Å². The molecule has 0 heterocycles. The van der Waals surface area contributed by atoms with E-state index < -0.39 is 0 Å². The average Bonchev–Trinajstić information content (AvgIpc) is 2.46. The molecule has 20 heavy (non-hydrogen) atoms. The van der Waals surface area contributed by atoms with Crippen molar-refractivity contribution in [2.45, 2.75) is 6.54 Å². The zero-order chi connectivity index (χ0) is 14.5. The van der Waals surface area contributed by atoms with Gasteiger partial charge in [0, 0.05) is 18.3 Å². The van der Waals surface area contributed by atoms with Gasteiger partial charge in [0.05, 0.1) is 12.7 Å². The molecular weight excluding hydrogens is 259 g/mol. The Morgan fingerprint density at radius 2 is 1.95 bits per heavy atom. The van der Waals surface area contributed by atoms with E-state index in [0.717, 1.165) is 5.56 Å². The molecule has 0 radical (unpaired) electrons. The fourth-order valence-corrected chi connectivity index (χ4v) is 1.78. The molecule has 1 amide bonds. The Labute approximate surface area is 116 Å². The second kappa shape index (κ2) is 6.06. The molecule has 2 aromatic rings. The standard InChI is InChI=1S/C15H15FN2O2/c1-20-14-8-12(17)6-7-13(14)15(19)18-9-10-2-4-11(16)5-3-10/h2-8H,9,17H2,1H3,(H,18,19). The highest BCUT2D eigenvalue weighted by molar-refractivity contribution is 5.97. The second-order valence-electron chi connectivity index (χ2n) is 4.27. The molecule has 0 aliphatic carbocycles. The van der Waals surface area contributed by atoms with E-state index in [2.05, 4.69) is 5.32 Å². The predicted octanol–water partition coefficient (Wildman–Crippen LogP) is 2.35. The number of methoxy groups -OCH3 is 1. The van der Waals surface area contributed by atoms with E-state index in [1.807, 2.05) is 0 Å². The summed E-state index contributed by atoms with van der Waals surface area (Å²) in [6.45, 7) is 0.312. The molecule has 2 rings (SSSR count). The van der Waals surface area contributed by atoms with E-state index >= 15 is 0 Å². The summed E-state index contributed by atoms with van der Waals surface area (Å²) in [7, 11) is 1.48. The molecule has 0 atom stereocenters. The summed E-state index contributed by atoms with van der Waals surface area (Å²) in [5, 5.41) is 2.75. The van der Waals surface area contributed by atoms with Crippen molar-refractivity contribution in [3.63, 3.8) is 0 Å². The molecule has 104 valence electrons. The largest absolute Gasteiger partial charge is 0.496 e. The molecule has 2 aromatic carbocycles. The number of rotatable bonds is 4. The minimum atomic E-state index is -0.305. The molecule has 0 bridgehead atoms. The van der Waals surface area contributed by atoms with Crippen molar-refractivity contribution >= 4 is 11.6 Å². The van der Waals surface area contributed by atoms with Crippen LogP contribution in [0.3, 0.4) is 0 Å². The molecule has 4 nitrogen and oxygen atoms in total. The monoisotopic (exact) mass is 274 g/mol. The summed E-state index contributed by atoms with van der Waals surface area (Å²) in [5.41, 5.74) is 7.38. The van der Waals surface area contributed by atoms with Crippen molar-refractivity contribution < 1.29 is 13.9 Å². The number of nitrogens with one attached hydrogen (secondary N) is 1. The van der Waals surface area contributed by atoms with Gasteiger partial charge in [0.15, 0.2) is 0 Å². The van der Waals surface area contributed by atoms with Crippen LogP contribution >= 0.6 is 0 Å². The third-order valence-electron chi connectivity index (χ3n) is 2.84. The molecule has 0 aliphatic heterocycles. The lowest BCUT2D eigenvalue weighted by Gasteiger charge is -2.10. The molecule has 3 N–H and O–H groups in total. The van der Waals surface area contributed by atoms with Gasteiger partial charge >= 0.3 is 0 Å². The summed E-state index contributed by atoms with van der Waals surface area (Å²) in [6.07, 6.45) is 0. The van der Waals surface area contributed by atoms with Crippen LogP contribution in [0.2, 0.25) is 0 Å². The highest BCUT2D eigenvalue weighted by Crippen LogP contribution is 2.21. The first kappa shape index (κ1) is 13.9. The van der Waals surface area contributed by atoms with Gasteiger partial charge in [-0.05, 0) is 29.8 Å². The van der Waals surface area contributed by atoms with Crippen LogP contribution in [0.5, 0.6) is 5.75 Å². The van der Waals surface area contributed by atoms with Crippen LogP contribution < -0.4 is 15.8 Å². The normalized spacial score (nSPS) is 10.1. The van der Waals surface area contributed by atoms with Gasteiger partial charge in [-0.25, -0.2) is 4.39 Å². The quantitative estimate of drug-likeness (QED) is 0.841. The van der Waals surface area contributed by atoms with Crippen molar-refractivity contribution in [2.24, 2.45) is 0 Å². The van der Waals surface area contributed by atoms with E-state index in [1.165, 1.54) is 19.2 Å². The Morgan fingerprint density at radius 1 is 1.25 bits per heavy atom. The van der Waals surface area contributed by atoms with Gasteiger partial charge in [0.25, 0.3) is 5.91 Å². The Hall–Kier alpha value is -2.56. The molecule has 0 aromatic heterocycles. The summed E-state index contributed by atoms with van der Waals surface area (Å²) in [6, 6.07) is 10.8. The summed E-state index contributed by atoms with van der Waals surface area (Å²) < 4.78 is 17.9. The molecule has 0 unspecified atom stereocenters. The number of anilines is 1. The first-order chi connectivity index (χ1) is 9.60. The minimum absolute atomic E-state index is 0.272. The number of ether oxygens (including phenoxy) is 1. The lowest BCUT2D eigenvalue weighted by atomic mass is 10.1. The first-order valence-electron chi connectivity index (χ1n) is 6.06. The Kier molecular flexibility index (Phi) is 4.20. The highest BCUT2D eigenvalue weighted by Gasteiger charge is 2.12. The van der Waals surface area contributed by atoms with E-state index in [9.17, 15) is 9.18 Å². The fraction of sp³-hybridized carbons (Fsp3) is 0.133. The van der Waals surface area contributed by atoms with E-state index in [0.29, 0.717) is 23.5 Å². The van der Waals surface area contributed by atoms with Crippen molar-refractivity contribution in [1.82, 2.24) is 5.32 Å². The predicted molar refractivity (Wildman–Crippen MR) is 75.0 cm³/mol. The fourth-order valence-electron chi connectivity index (χ4n) is 1.78. The van der Waals surface area contributed by atoms with Gasteiger partial charge in [0.1, 0.15) is 11.6 Å². The lowest BCUT2D eigenvalue weighted by molar-refractivity contribution is 0.0948. The van der Waals surface area contributed by atoms with Gasteiger partial charge in [-0.1, -0.05) is 12.1 Å². The van der Waals surface area contributed by atoms with Gasteiger partial charge in [-0.2, -0.15) is 0 Å². The summed E-state index contributed by atoms with van der Waals surface area (Å²) >= 11 is 0. The third-order valence-corrected chi connectivity index (χ3v) is 2.84. The van der Waals surface area contributed by atoms with Gasteiger partial charge in [-0.3, -0.25) is 4.79 Å². The third kappa shape index (κ3) is 3.26. The lowest BCUT2D eigenvalue weighted by Crippen LogP contribution is -2.23. The molecule has 5 heteroatoms. The zero-order valence-corrected chi connectivity index (χ0v) is 11.0. The average molecular weight is 274 g/mol. The maximum atomic E-state index is 12.8. The Morgan fingerprint density at radius 3 is 2.60 bits per heavy atom. The zero-order valence-electron chi connectivity index (χ0n) is 11.0. The Bertz CT molecular complexity index is 612. The minimum Gasteiger partial charge on any atom is -0.496 e. The molecule has 0 spiro atoms. The number of hydrogen-bond acceptors (Lipinski definition) is 3. The number of nitrogens with two attached hydrogens (primary N) is 1. The van der Waals surface area contributed by atoms with Crippen molar-refractivity contribution in [3.05, 3.63) is 59.4 Å². The SMILES string of the molecule is COc1cc(N)ccc1C(=O)NCc1ccc(F)cc1. The van der Waals surface area contributed by atoms with E-state index in [-0.39, 0.29) is 11.7 Å². The maximum absolute atomic E-state index is 12.8. The maximum Gasteiger partial charge on any atom is 0.255 e. The van der Waals surface area contributed by atoms with Crippen molar-refractivity contribution in [3.8, 4) is 5.75 Å². The van der Waals surface area contributed by atoms with Crippen LogP contribution in [0.25, 0.3) is 0 Å². The molecule has 0 saturated heterocycles. The molecule has 0 fully saturated rings. The number of halogens is 1. The topological polar surface area (TPSA) is 64.3 Å². The van der Waals surface area contributed by atoms with Crippen LogP contribution in [0, 0.1) is 5.82 Å². The van der Waals surface area contributed by atoms with E-state index in [4.69, 9.17) is 10.5 Å². The van der Waals surface area contributed by atoms with Crippen LogP contribution in [-0.4, -0.2) is 13.0 Å². The number of carbonyl (C=O) groups is 1. The van der Waals surface area contributed by atoms with Gasteiger partial charge < -0.3 is 15.8 Å².